The quantitative estimate of drug-likeness (QED) is 0.455. The molecule has 1 aliphatic heterocycles. The van der Waals surface area contributed by atoms with Crippen molar-refractivity contribution in [2.24, 2.45) is 0 Å². The molecule has 0 aromatic heterocycles. The first-order valence-electron chi connectivity index (χ1n) is 8.99. The Morgan fingerprint density at radius 2 is 1.63 bits per heavy atom. The van der Waals surface area contributed by atoms with Crippen LogP contribution in [0.1, 0.15) is 54.9 Å². The van der Waals surface area contributed by atoms with Crippen molar-refractivity contribution < 1.29 is 28.6 Å². The van der Waals surface area contributed by atoms with Crippen molar-refractivity contribution in [2.75, 3.05) is 13.2 Å². The maximum absolute atomic E-state index is 12.5. The average Bonchev–Trinajstić information content (AvgIpc) is 2.83. The molecule has 1 heterocycles. The summed E-state index contributed by atoms with van der Waals surface area (Å²) in [6, 6.07) is -0.746. The van der Waals surface area contributed by atoms with E-state index in [9.17, 15) is 14.4 Å². The molecule has 0 radical (unpaired) electrons. The molecule has 0 spiro atoms. The zero-order chi connectivity index (χ0) is 21.0. The first-order valence-corrected chi connectivity index (χ1v) is 8.99. The van der Waals surface area contributed by atoms with Crippen LogP contribution in [-0.2, 0) is 19.0 Å². The standard InChI is InChI=1S/C19H32N2O6/c1-12(2)15(22)25-11-14-9-13(20-16(23)26-18(3,4)5)10-21(14)17(24)27-19(6,7)8/h13-14H,1,9-11H2,2-8H3,(H,20,23)/t13-,14-/m0/s1. The Hall–Kier alpha value is -2.25. The van der Waals surface area contributed by atoms with Crippen molar-refractivity contribution in [2.45, 2.75) is 78.2 Å². The van der Waals surface area contributed by atoms with Gasteiger partial charge >= 0.3 is 18.2 Å². The van der Waals surface area contributed by atoms with Crippen LogP contribution in [0.2, 0.25) is 0 Å². The van der Waals surface area contributed by atoms with E-state index in [-0.39, 0.29) is 24.8 Å². The van der Waals surface area contributed by atoms with E-state index >= 15 is 0 Å². The Balaban J connectivity index is 2.79. The van der Waals surface area contributed by atoms with Crippen LogP contribution in [0.4, 0.5) is 9.59 Å². The minimum absolute atomic E-state index is 0.00254. The summed E-state index contributed by atoms with van der Waals surface area (Å²) in [6.45, 7) is 16.0. The molecule has 154 valence electrons. The molecule has 0 aliphatic carbocycles. The number of nitrogens with zero attached hydrogens (tertiary/aromatic N) is 1. The summed E-state index contributed by atoms with van der Waals surface area (Å²) >= 11 is 0. The van der Waals surface area contributed by atoms with Gasteiger partial charge in [-0.1, -0.05) is 6.58 Å². The zero-order valence-electron chi connectivity index (χ0n) is 17.4. The average molecular weight is 384 g/mol. The lowest BCUT2D eigenvalue weighted by Gasteiger charge is -2.28. The molecule has 0 aromatic rings. The normalized spacial score (nSPS) is 20.0. The lowest BCUT2D eigenvalue weighted by atomic mass is 10.2. The van der Waals surface area contributed by atoms with Crippen molar-refractivity contribution in [1.82, 2.24) is 10.2 Å². The van der Waals surface area contributed by atoms with Crippen LogP contribution in [0.15, 0.2) is 12.2 Å². The summed E-state index contributed by atoms with van der Waals surface area (Å²) in [5.41, 5.74) is -1.00. The third-order valence-electron chi connectivity index (χ3n) is 3.52. The van der Waals surface area contributed by atoms with Crippen molar-refractivity contribution in [3.05, 3.63) is 12.2 Å². The second kappa shape index (κ2) is 8.63. The molecular weight excluding hydrogens is 352 g/mol. The number of esters is 1. The predicted octanol–water partition coefficient (Wildman–Crippen LogP) is 3.01. The molecule has 8 heteroatoms. The summed E-state index contributed by atoms with van der Waals surface area (Å²) in [5.74, 6) is -0.525. The Morgan fingerprint density at radius 3 is 2.11 bits per heavy atom. The van der Waals surface area contributed by atoms with Crippen LogP contribution in [0, 0.1) is 0 Å². The summed E-state index contributed by atoms with van der Waals surface area (Å²) in [7, 11) is 0. The molecule has 1 fully saturated rings. The highest BCUT2D eigenvalue weighted by atomic mass is 16.6. The van der Waals surface area contributed by atoms with Gasteiger partial charge in [-0.2, -0.15) is 0 Å². The first-order chi connectivity index (χ1) is 12.2. The van der Waals surface area contributed by atoms with Gasteiger partial charge in [-0.05, 0) is 54.9 Å². The molecule has 2 atom stereocenters. The number of hydrogen-bond donors (Lipinski definition) is 1. The maximum Gasteiger partial charge on any atom is 0.410 e. The van der Waals surface area contributed by atoms with Gasteiger partial charge in [-0.3, -0.25) is 4.90 Å². The van der Waals surface area contributed by atoms with E-state index in [1.54, 1.807) is 48.5 Å². The molecule has 0 saturated carbocycles. The third-order valence-corrected chi connectivity index (χ3v) is 3.52. The minimum atomic E-state index is -0.660. The number of amides is 2. The van der Waals surface area contributed by atoms with E-state index in [1.807, 2.05) is 0 Å². The number of likely N-dealkylation sites (tertiary alicyclic amines) is 1. The summed E-state index contributed by atoms with van der Waals surface area (Å²) in [6.07, 6.45) is -0.661. The van der Waals surface area contributed by atoms with Gasteiger partial charge < -0.3 is 19.5 Å². The predicted molar refractivity (Wildman–Crippen MR) is 100 cm³/mol. The second-order valence-corrected chi connectivity index (χ2v) is 8.74. The van der Waals surface area contributed by atoms with Crippen LogP contribution in [0.25, 0.3) is 0 Å². The number of ether oxygens (including phenoxy) is 3. The summed E-state index contributed by atoms with van der Waals surface area (Å²) in [5, 5.41) is 2.75. The van der Waals surface area contributed by atoms with Crippen LogP contribution >= 0.6 is 0 Å². The molecule has 1 rings (SSSR count). The molecule has 2 amide bonds. The Bertz CT molecular complexity index is 588. The topological polar surface area (TPSA) is 94.2 Å². The van der Waals surface area contributed by atoms with E-state index < -0.39 is 35.4 Å². The molecule has 0 bridgehead atoms. The molecule has 0 unspecified atom stereocenters. The first kappa shape index (κ1) is 22.8. The van der Waals surface area contributed by atoms with E-state index in [2.05, 4.69) is 11.9 Å². The van der Waals surface area contributed by atoms with E-state index in [1.165, 1.54) is 4.90 Å². The number of carbonyl (C=O) groups excluding carboxylic acids is 3. The molecule has 1 N–H and O–H groups in total. The van der Waals surface area contributed by atoms with Crippen molar-refractivity contribution >= 4 is 18.2 Å². The van der Waals surface area contributed by atoms with E-state index in [4.69, 9.17) is 14.2 Å². The lowest BCUT2D eigenvalue weighted by Crippen LogP contribution is -2.43. The molecular formula is C19H32N2O6. The van der Waals surface area contributed by atoms with Crippen LogP contribution < -0.4 is 5.32 Å². The number of carbonyl (C=O) groups is 3. The highest BCUT2D eigenvalue weighted by Gasteiger charge is 2.39. The van der Waals surface area contributed by atoms with Gasteiger partial charge in [-0.15, -0.1) is 0 Å². The van der Waals surface area contributed by atoms with E-state index in [0.29, 0.717) is 6.42 Å². The van der Waals surface area contributed by atoms with E-state index in [0.717, 1.165) is 0 Å². The maximum atomic E-state index is 12.5. The Labute approximate surface area is 161 Å². The fraction of sp³-hybridized carbons (Fsp3) is 0.737. The molecule has 8 nitrogen and oxygen atoms in total. The van der Waals surface area contributed by atoms with Crippen molar-refractivity contribution in [3.63, 3.8) is 0 Å². The fourth-order valence-corrected chi connectivity index (χ4v) is 2.49. The second-order valence-electron chi connectivity index (χ2n) is 8.74. The lowest BCUT2D eigenvalue weighted by molar-refractivity contribution is -0.140. The molecule has 27 heavy (non-hydrogen) atoms. The third kappa shape index (κ3) is 8.32. The van der Waals surface area contributed by atoms with Crippen LogP contribution in [0.3, 0.4) is 0 Å². The smallest absolute Gasteiger partial charge is 0.410 e. The molecule has 1 aliphatic rings. The number of hydrogen-bond acceptors (Lipinski definition) is 6. The van der Waals surface area contributed by atoms with Gasteiger partial charge in [0.15, 0.2) is 0 Å². The Kier molecular flexibility index (Phi) is 7.28. The fourth-order valence-electron chi connectivity index (χ4n) is 2.49. The minimum Gasteiger partial charge on any atom is -0.460 e. The van der Waals surface area contributed by atoms with Gasteiger partial charge in [0.1, 0.15) is 17.8 Å². The van der Waals surface area contributed by atoms with Crippen LogP contribution in [-0.4, -0.2) is 59.5 Å². The summed E-state index contributed by atoms with van der Waals surface area (Å²) in [4.78, 5) is 37.7. The highest BCUT2D eigenvalue weighted by molar-refractivity contribution is 5.87. The number of nitrogens with one attached hydrogen (secondary N) is 1. The number of alkyl carbamates (subject to hydrolysis) is 1. The van der Waals surface area contributed by atoms with Crippen LogP contribution in [0.5, 0.6) is 0 Å². The summed E-state index contributed by atoms with van der Waals surface area (Å²) < 4.78 is 15.9. The number of rotatable bonds is 4. The SMILES string of the molecule is C=C(C)C(=O)OC[C@@H]1C[C@H](NC(=O)OC(C)(C)C)CN1C(=O)OC(C)(C)C. The van der Waals surface area contributed by atoms with Gasteiger partial charge in [0, 0.05) is 12.1 Å². The zero-order valence-corrected chi connectivity index (χ0v) is 17.4. The van der Waals surface area contributed by atoms with Crippen molar-refractivity contribution in [3.8, 4) is 0 Å². The van der Waals surface area contributed by atoms with Gasteiger partial charge in [0.2, 0.25) is 0 Å². The largest absolute Gasteiger partial charge is 0.460 e. The van der Waals surface area contributed by atoms with Gasteiger partial charge in [-0.25, -0.2) is 14.4 Å². The monoisotopic (exact) mass is 384 g/mol. The highest BCUT2D eigenvalue weighted by Crippen LogP contribution is 2.22. The van der Waals surface area contributed by atoms with Crippen molar-refractivity contribution in [1.29, 1.82) is 0 Å². The van der Waals surface area contributed by atoms with Gasteiger partial charge in [0.25, 0.3) is 0 Å². The molecule has 0 aromatic carbocycles. The Morgan fingerprint density at radius 1 is 1.07 bits per heavy atom. The molecule has 1 saturated heterocycles. The van der Waals surface area contributed by atoms with Gasteiger partial charge in [0.05, 0.1) is 12.1 Å².